The number of halogens is 2. The van der Waals surface area contributed by atoms with E-state index in [1.165, 1.54) is 24.1 Å². The van der Waals surface area contributed by atoms with E-state index in [4.69, 9.17) is 11.6 Å². The van der Waals surface area contributed by atoms with Crippen molar-refractivity contribution in [2.75, 3.05) is 0 Å². The molecule has 0 N–H and O–H groups in total. The van der Waals surface area contributed by atoms with Crippen molar-refractivity contribution in [3.63, 3.8) is 0 Å². The standard InChI is InChI=1S/C13H12BrClN2/c14-13-11-3-1-2-4-12(11)16-17(13)10-7-5-9(15)6-8-10/h5-8H,1-4H2. The van der Waals surface area contributed by atoms with E-state index in [1.54, 1.807) is 0 Å². The fraction of sp³-hybridized carbons (Fsp3) is 0.308. The van der Waals surface area contributed by atoms with Gasteiger partial charge in [0.25, 0.3) is 0 Å². The van der Waals surface area contributed by atoms with Crippen molar-refractivity contribution in [3.8, 4) is 5.69 Å². The van der Waals surface area contributed by atoms with Gasteiger partial charge in [0.05, 0.1) is 11.4 Å². The highest BCUT2D eigenvalue weighted by Crippen LogP contribution is 2.30. The lowest BCUT2D eigenvalue weighted by molar-refractivity contribution is 0.671. The molecule has 0 bridgehead atoms. The van der Waals surface area contributed by atoms with Gasteiger partial charge in [0.2, 0.25) is 0 Å². The minimum absolute atomic E-state index is 0.752. The van der Waals surface area contributed by atoms with Gasteiger partial charge in [-0.3, -0.25) is 0 Å². The molecule has 0 atom stereocenters. The summed E-state index contributed by atoms with van der Waals surface area (Å²) in [6, 6.07) is 7.77. The molecule has 0 saturated carbocycles. The summed E-state index contributed by atoms with van der Waals surface area (Å²) in [6.07, 6.45) is 4.73. The van der Waals surface area contributed by atoms with E-state index < -0.39 is 0 Å². The zero-order valence-corrected chi connectivity index (χ0v) is 11.6. The average molecular weight is 312 g/mol. The van der Waals surface area contributed by atoms with E-state index in [1.807, 2.05) is 28.9 Å². The molecule has 0 fully saturated rings. The van der Waals surface area contributed by atoms with Crippen molar-refractivity contribution >= 4 is 27.5 Å². The predicted molar refractivity (Wildman–Crippen MR) is 72.9 cm³/mol. The smallest absolute Gasteiger partial charge is 0.113 e. The van der Waals surface area contributed by atoms with Gasteiger partial charge in [0.15, 0.2) is 0 Å². The molecule has 1 aliphatic rings. The number of hydrogen-bond donors (Lipinski definition) is 0. The van der Waals surface area contributed by atoms with Crippen LogP contribution >= 0.6 is 27.5 Å². The Hall–Kier alpha value is -0.800. The van der Waals surface area contributed by atoms with Gasteiger partial charge in [-0.1, -0.05) is 11.6 Å². The van der Waals surface area contributed by atoms with Crippen molar-refractivity contribution < 1.29 is 0 Å². The van der Waals surface area contributed by atoms with Crippen molar-refractivity contribution in [1.82, 2.24) is 9.78 Å². The Balaban J connectivity index is 2.09. The Morgan fingerprint density at radius 3 is 2.53 bits per heavy atom. The molecular formula is C13H12BrClN2. The number of hydrogen-bond acceptors (Lipinski definition) is 1. The summed E-state index contributed by atoms with van der Waals surface area (Å²) in [6.45, 7) is 0. The van der Waals surface area contributed by atoms with Gasteiger partial charge in [-0.15, -0.1) is 0 Å². The normalized spacial score (nSPS) is 14.7. The van der Waals surface area contributed by atoms with Crippen LogP contribution in [-0.4, -0.2) is 9.78 Å². The molecule has 17 heavy (non-hydrogen) atoms. The van der Waals surface area contributed by atoms with Crippen LogP contribution in [0.2, 0.25) is 5.02 Å². The van der Waals surface area contributed by atoms with Gasteiger partial charge in [-0.25, -0.2) is 4.68 Å². The molecule has 1 aromatic carbocycles. The number of rotatable bonds is 1. The first-order valence-corrected chi connectivity index (χ1v) is 6.95. The van der Waals surface area contributed by atoms with E-state index in [2.05, 4.69) is 21.0 Å². The Kier molecular flexibility index (Phi) is 2.97. The Morgan fingerprint density at radius 1 is 1.12 bits per heavy atom. The van der Waals surface area contributed by atoms with Gasteiger partial charge in [0, 0.05) is 10.6 Å². The Morgan fingerprint density at radius 2 is 1.82 bits per heavy atom. The van der Waals surface area contributed by atoms with Crippen molar-refractivity contribution in [2.24, 2.45) is 0 Å². The predicted octanol–water partition coefficient (Wildman–Crippen LogP) is 4.17. The SMILES string of the molecule is Clc1ccc(-n2nc3c(c2Br)CCCC3)cc1. The molecule has 0 unspecified atom stereocenters. The summed E-state index contributed by atoms with van der Waals surface area (Å²) in [5.74, 6) is 0. The molecule has 0 spiro atoms. The number of fused-ring (bicyclic) bond motifs is 1. The molecule has 0 radical (unpaired) electrons. The zero-order chi connectivity index (χ0) is 11.8. The highest BCUT2D eigenvalue weighted by molar-refractivity contribution is 9.10. The number of nitrogens with zero attached hydrogens (tertiary/aromatic N) is 2. The minimum atomic E-state index is 0.752. The fourth-order valence-electron chi connectivity index (χ4n) is 2.27. The summed E-state index contributed by atoms with van der Waals surface area (Å²) >= 11 is 9.56. The lowest BCUT2D eigenvalue weighted by Gasteiger charge is -2.08. The lowest BCUT2D eigenvalue weighted by atomic mass is 9.99. The lowest BCUT2D eigenvalue weighted by Crippen LogP contribution is -2.00. The highest BCUT2D eigenvalue weighted by Gasteiger charge is 2.19. The summed E-state index contributed by atoms with van der Waals surface area (Å²) in [4.78, 5) is 0. The summed E-state index contributed by atoms with van der Waals surface area (Å²) in [5.41, 5.74) is 3.65. The summed E-state index contributed by atoms with van der Waals surface area (Å²) in [5, 5.41) is 5.43. The molecule has 3 rings (SSSR count). The molecule has 0 saturated heterocycles. The molecule has 2 nitrogen and oxygen atoms in total. The molecule has 2 aromatic rings. The third-order valence-corrected chi connectivity index (χ3v) is 4.23. The van der Waals surface area contributed by atoms with E-state index in [9.17, 15) is 0 Å². The van der Waals surface area contributed by atoms with Crippen LogP contribution < -0.4 is 0 Å². The van der Waals surface area contributed by atoms with Gasteiger partial charge >= 0.3 is 0 Å². The third-order valence-electron chi connectivity index (χ3n) is 3.17. The van der Waals surface area contributed by atoms with E-state index in [0.29, 0.717) is 0 Å². The first-order chi connectivity index (χ1) is 8.25. The molecule has 88 valence electrons. The van der Waals surface area contributed by atoms with Crippen LogP contribution in [-0.2, 0) is 12.8 Å². The first-order valence-electron chi connectivity index (χ1n) is 5.78. The van der Waals surface area contributed by atoms with E-state index in [-0.39, 0.29) is 0 Å². The number of aryl methyl sites for hydroxylation is 1. The maximum atomic E-state index is 5.90. The molecule has 1 aliphatic carbocycles. The van der Waals surface area contributed by atoms with Crippen molar-refractivity contribution in [2.45, 2.75) is 25.7 Å². The van der Waals surface area contributed by atoms with Crippen LogP contribution in [0.1, 0.15) is 24.1 Å². The Bertz CT molecular complexity index is 545. The average Bonchev–Trinajstić information content (AvgIpc) is 2.69. The van der Waals surface area contributed by atoms with Crippen LogP contribution in [0.25, 0.3) is 5.69 Å². The molecule has 4 heteroatoms. The van der Waals surface area contributed by atoms with Gasteiger partial charge < -0.3 is 0 Å². The van der Waals surface area contributed by atoms with Gasteiger partial charge in [-0.05, 0) is 65.9 Å². The van der Waals surface area contributed by atoms with Gasteiger partial charge in [-0.2, -0.15) is 5.10 Å². The Labute approximate surface area is 114 Å². The van der Waals surface area contributed by atoms with Crippen LogP contribution in [0.3, 0.4) is 0 Å². The van der Waals surface area contributed by atoms with Crippen LogP contribution in [0, 0.1) is 0 Å². The zero-order valence-electron chi connectivity index (χ0n) is 9.29. The highest BCUT2D eigenvalue weighted by atomic mass is 79.9. The summed E-state index contributed by atoms with van der Waals surface area (Å²) < 4.78 is 3.06. The van der Waals surface area contributed by atoms with Crippen LogP contribution in [0.15, 0.2) is 28.9 Å². The quantitative estimate of drug-likeness (QED) is 0.773. The molecular weight excluding hydrogens is 300 g/mol. The molecule has 1 heterocycles. The van der Waals surface area contributed by atoms with Crippen LogP contribution in [0.5, 0.6) is 0 Å². The number of benzene rings is 1. The first kappa shape index (κ1) is 11.3. The topological polar surface area (TPSA) is 17.8 Å². The van der Waals surface area contributed by atoms with E-state index in [0.717, 1.165) is 28.2 Å². The third kappa shape index (κ3) is 2.02. The van der Waals surface area contributed by atoms with Crippen LogP contribution in [0.4, 0.5) is 0 Å². The van der Waals surface area contributed by atoms with Crippen molar-refractivity contribution in [3.05, 3.63) is 45.1 Å². The maximum Gasteiger partial charge on any atom is 0.113 e. The second-order valence-electron chi connectivity index (χ2n) is 4.31. The summed E-state index contributed by atoms with van der Waals surface area (Å²) in [7, 11) is 0. The van der Waals surface area contributed by atoms with Crippen molar-refractivity contribution in [1.29, 1.82) is 0 Å². The second-order valence-corrected chi connectivity index (χ2v) is 5.50. The number of aromatic nitrogens is 2. The van der Waals surface area contributed by atoms with E-state index >= 15 is 0 Å². The molecule has 0 amide bonds. The fourth-order valence-corrected chi connectivity index (χ4v) is 3.10. The van der Waals surface area contributed by atoms with Gasteiger partial charge in [0.1, 0.15) is 4.60 Å². The molecule has 1 aromatic heterocycles. The monoisotopic (exact) mass is 310 g/mol. The minimum Gasteiger partial charge on any atom is -0.226 e. The second kappa shape index (κ2) is 4.46. The molecule has 0 aliphatic heterocycles. The largest absolute Gasteiger partial charge is 0.226 e. The maximum absolute atomic E-state index is 5.90.